The third-order valence-electron chi connectivity index (χ3n) is 4.56. The molecule has 5 heteroatoms. The molecule has 0 amide bonds. The lowest BCUT2D eigenvalue weighted by molar-refractivity contribution is 0.0584. The van der Waals surface area contributed by atoms with Crippen LogP contribution in [0.15, 0.2) is 24.3 Å². The van der Waals surface area contributed by atoms with E-state index >= 15 is 0 Å². The number of fused-ring (bicyclic) bond motifs is 1. The van der Waals surface area contributed by atoms with Gasteiger partial charge < -0.3 is 18.9 Å². The molecule has 124 valence electrons. The van der Waals surface area contributed by atoms with E-state index in [2.05, 4.69) is 4.90 Å². The number of nitrogens with zero attached hydrogens (tertiary/aromatic N) is 2. The Kier molecular flexibility index (Phi) is 4.86. The Hall–Kier alpha value is -2.01. The first-order valence-electron chi connectivity index (χ1n) is 8.22. The minimum Gasteiger partial charge on any atom is -0.494 e. The number of esters is 1. The van der Waals surface area contributed by atoms with Crippen LogP contribution in [0.3, 0.4) is 0 Å². The highest BCUT2D eigenvalue weighted by Gasteiger charge is 2.24. The Balaban J connectivity index is 1.91. The van der Waals surface area contributed by atoms with Gasteiger partial charge in [-0.1, -0.05) is 12.1 Å². The molecule has 0 spiro atoms. The molecule has 0 bridgehead atoms. The maximum atomic E-state index is 12.3. The van der Waals surface area contributed by atoms with Gasteiger partial charge >= 0.3 is 5.97 Å². The van der Waals surface area contributed by atoms with Gasteiger partial charge in [-0.2, -0.15) is 0 Å². The normalized spacial score (nSPS) is 15.2. The Labute approximate surface area is 136 Å². The van der Waals surface area contributed by atoms with Crippen molar-refractivity contribution in [2.24, 2.45) is 0 Å². The average Bonchev–Trinajstić information content (AvgIpc) is 3.20. The van der Waals surface area contributed by atoms with Crippen LogP contribution in [-0.4, -0.2) is 49.3 Å². The minimum absolute atomic E-state index is 0.348. The quantitative estimate of drug-likeness (QED) is 0.769. The van der Waals surface area contributed by atoms with Crippen molar-refractivity contribution in [3.63, 3.8) is 0 Å². The molecule has 0 N–H and O–H groups in total. The Morgan fingerprint density at radius 1 is 1.13 bits per heavy atom. The number of aryl methyl sites for hydroxylation is 1. The molecule has 3 rings (SSSR count). The van der Waals surface area contributed by atoms with Crippen molar-refractivity contribution in [3.8, 4) is 5.75 Å². The summed E-state index contributed by atoms with van der Waals surface area (Å²) in [6.45, 7) is 4.24. The number of likely N-dealkylation sites (tertiary alicyclic amines) is 1. The van der Waals surface area contributed by atoms with Crippen LogP contribution >= 0.6 is 0 Å². The fourth-order valence-electron chi connectivity index (χ4n) is 3.47. The van der Waals surface area contributed by atoms with Crippen molar-refractivity contribution in [2.75, 3.05) is 33.9 Å². The molecule has 0 atom stereocenters. The lowest BCUT2D eigenvalue weighted by atomic mass is 10.2. The van der Waals surface area contributed by atoms with Crippen LogP contribution in [0.1, 0.15) is 29.8 Å². The number of para-hydroxylation sites is 1. The number of hydrogen-bond donors (Lipinski definition) is 0. The van der Waals surface area contributed by atoms with E-state index in [9.17, 15) is 4.79 Å². The summed E-state index contributed by atoms with van der Waals surface area (Å²) in [5, 5.41) is 0.955. The van der Waals surface area contributed by atoms with Gasteiger partial charge in [0.15, 0.2) is 11.4 Å². The summed E-state index contributed by atoms with van der Waals surface area (Å²) in [4.78, 5) is 14.8. The molecule has 1 aliphatic rings. The van der Waals surface area contributed by atoms with E-state index in [0.717, 1.165) is 30.4 Å². The van der Waals surface area contributed by atoms with E-state index in [1.165, 1.54) is 33.0 Å². The summed E-state index contributed by atoms with van der Waals surface area (Å²) in [5.74, 6) is 0.257. The van der Waals surface area contributed by atoms with Crippen molar-refractivity contribution in [1.82, 2.24) is 9.47 Å². The number of benzene rings is 1. The van der Waals surface area contributed by atoms with Crippen LogP contribution in [0.25, 0.3) is 10.9 Å². The summed E-state index contributed by atoms with van der Waals surface area (Å²) in [5.41, 5.74) is 1.53. The van der Waals surface area contributed by atoms with Crippen LogP contribution < -0.4 is 4.74 Å². The van der Waals surface area contributed by atoms with Crippen LogP contribution in [0, 0.1) is 0 Å². The lowest BCUT2D eigenvalue weighted by Crippen LogP contribution is -2.22. The molecule has 0 aliphatic carbocycles. The summed E-state index contributed by atoms with van der Waals surface area (Å²) in [6, 6.07) is 7.96. The summed E-state index contributed by atoms with van der Waals surface area (Å²) in [6.07, 6.45) is 3.60. The molecule has 1 aliphatic heterocycles. The van der Waals surface area contributed by atoms with Gasteiger partial charge in [-0.25, -0.2) is 4.79 Å². The zero-order valence-electron chi connectivity index (χ0n) is 13.9. The Bertz CT molecular complexity index is 687. The van der Waals surface area contributed by atoms with Crippen molar-refractivity contribution >= 4 is 16.9 Å². The first kappa shape index (κ1) is 15.9. The maximum Gasteiger partial charge on any atom is 0.358 e. The molecule has 1 aromatic carbocycles. The largest absolute Gasteiger partial charge is 0.494 e. The number of methoxy groups -OCH3 is 2. The van der Waals surface area contributed by atoms with E-state index in [-0.39, 0.29) is 5.97 Å². The van der Waals surface area contributed by atoms with Gasteiger partial charge in [0, 0.05) is 11.9 Å². The first-order valence-corrected chi connectivity index (χ1v) is 8.22. The fourth-order valence-corrected chi connectivity index (χ4v) is 3.47. The number of aromatic nitrogens is 1. The standard InChI is InChI=1S/C18H24N2O3/c1-22-17-14-8-3-4-9-15(14)20(16(17)18(21)23-2)13-7-12-19-10-5-6-11-19/h3-4,8-9H,5-7,10-13H2,1-2H3. The minimum atomic E-state index is -0.348. The summed E-state index contributed by atoms with van der Waals surface area (Å²) < 4.78 is 12.5. The molecule has 0 unspecified atom stereocenters. The third-order valence-corrected chi connectivity index (χ3v) is 4.56. The monoisotopic (exact) mass is 316 g/mol. The summed E-state index contributed by atoms with van der Waals surface area (Å²) >= 11 is 0. The van der Waals surface area contributed by atoms with Crippen molar-refractivity contribution < 1.29 is 14.3 Å². The zero-order chi connectivity index (χ0) is 16.2. The maximum absolute atomic E-state index is 12.3. The highest BCUT2D eigenvalue weighted by Crippen LogP contribution is 2.33. The van der Waals surface area contributed by atoms with E-state index < -0.39 is 0 Å². The highest BCUT2D eigenvalue weighted by atomic mass is 16.5. The Morgan fingerprint density at radius 3 is 2.57 bits per heavy atom. The molecule has 1 fully saturated rings. The average molecular weight is 316 g/mol. The molecular weight excluding hydrogens is 292 g/mol. The fraction of sp³-hybridized carbons (Fsp3) is 0.500. The number of hydrogen-bond acceptors (Lipinski definition) is 4. The van der Waals surface area contributed by atoms with Gasteiger partial charge in [-0.15, -0.1) is 0 Å². The third kappa shape index (κ3) is 3.06. The van der Waals surface area contributed by atoms with Gasteiger partial charge in [0.25, 0.3) is 0 Å². The molecule has 1 saturated heterocycles. The van der Waals surface area contributed by atoms with Gasteiger partial charge in [0.1, 0.15) is 0 Å². The Morgan fingerprint density at radius 2 is 1.87 bits per heavy atom. The van der Waals surface area contributed by atoms with E-state index in [4.69, 9.17) is 9.47 Å². The van der Waals surface area contributed by atoms with E-state index in [1.807, 2.05) is 28.8 Å². The molecule has 0 saturated carbocycles. The predicted octanol–water partition coefficient (Wildman–Crippen LogP) is 2.92. The molecule has 0 radical (unpaired) electrons. The molecule has 2 heterocycles. The second-order valence-electron chi connectivity index (χ2n) is 5.94. The number of rotatable bonds is 6. The molecule has 2 aromatic rings. The van der Waals surface area contributed by atoms with Gasteiger partial charge in [-0.05, 0) is 51.0 Å². The summed E-state index contributed by atoms with van der Waals surface area (Å²) in [7, 11) is 3.01. The highest BCUT2D eigenvalue weighted by molar-refractivity contribution is 6.01. The van der Waals surface area contributed by atoms with Crippen LogP contribution in [0.2, 0.25) is 0 Å². The SMILES string of the molecule is COC(=O)c1c(OC)c2ccccc2n1CCCN1CCCC1. The second kappa shape index (κ2) is 7.04. The number of carbonyl (C=O) groups is 1. The van der Waals surface area contributed by atoms with Gasteiger partial charge in [0.2, 0.25) is 0 Å². The first-order chi connectivity index (χ1) is 11.3. The smallest absolute Gasteiger partial charge is 0.358 e. The van der Waals surface area contributed by atoms with Gasteiger partial charge in [0.05, 0.1) is 19.7 Å². The predicted molar refractivity (Wildman–Crippen MR) is 90.1 cm³/mol. The number of carbonyl (C=O) groups excluding carboxylic acids is 1. The van der Waals surface area contributed by atoms with Crippen LogP contribution in [0.4, 0.5) is 0 Å². The second-order valence-corrected chi connectivity index (χ2v) is 5.94. The van der Waals surface area contributed by atoms with Crippen molar-refractivity contribution in [1.29, 1.82) is 0 Å². The molecule has 1 aromatic heterocycles. The topological polar surface area (TPSA) is 43.7 Å². The van der Waals surface area contributed by atoms with Crippen LogP contribution in [0.5, 0.6) is 5.75 Å². The molecule has 23 heavy (non-hydrogen) atoms. The van der Waals surface area contributed by atoms with Crippen molar-refractivity contribution in [2.45, 2.75) is 25.8 Å². The molecule has 5 nitrogen and oxygen atoms in total. The van der Waals surface area contributed by atoms with E-state index in [0.29, 0.717) is 11.4 Å². The van der Waals surface area contributed by atoms with Crippen molar-refractivity contribution in [3.05, 3.63) is 30.0 Å². The lowest BCUT2D eigenvalue weighted by Gasteiger charge is -2.15. The van der Waals surface area contributed by atoms with Gasteiger partial charge in [-0.3, -0.25) is 0 Å². The van der Waals surface area contributed by atoms with E-state index in [1.54, 1.807) is 7.11 Å². The molecular formula is C18H24N2O3. The zero-order valence-corrected chi connectivity index (χ0v) is 13.9. The number of ether oxygens (including phenoxy) is 2. The van der Waals surface area contributed by atoms with Crippen LogP contribution in [-0.2, 0) is 11.3 Å².